The van der Waals surface area contributed by atoms with Crippen molar-refractivity contribution in [2.45, 2.75) is 6.54 Å². The van der Waals surface area contributed by atoms with Gasteiger partial charge in [0, 0.05) is 5.38 Å². The Morgan fingerprint density at radius 1 is 1.09 bits per heavy atom. The maximum atomic E-state index is 4.43. The second-order valence-electron chi connectivity index (χ2n) is 4.68. The molecular formula is C15H12N6S. The highest BCUT2D eigenvalue weighted by Gasteiger charge is 2.10. The van der Waals surface area contributed by atoms with Crippen LogP contribution in [0.4, 0.5) is 5.82 Å². The first-order valence-corrected chi connectivity index (χ1v) is 7.71. The van der Waals surface area contributed by atoms with Gasteiger partial charge in [0.2, 0.25) is 0 Å². The Kier molecular flexibility index (Phi) is 3.24. The van der Waals surface area contributed by atoms with Crippen molar-refractivity contribution in [1.82, 2.24) is 24.7 Å². The summed E-state index contributed by atoms with van der Waals surface area (Å²) in [7, 11) is 0. The fourth-order valence-electron chi connectivity index (χ4n) is 2.24. The van der Waals surface area contributed by atoms with E-state index >= 15 is 0 Å². The lowest BCUT2D eigenvalue weighted by molar-refractivity contribution is 0.895. The minimum atomic E-state index is 0.631. The van der Waals surface area contributed by atoms with Crippen LogP contribution in [0.25, 0.3) is 16.7 Å². The van der Waals surface area contributed by atoms with Crippen LogP contribution in [0.3, 0.4) is 0 Å². The zero-order chi connectivity index (χ0) is 14.8. The van der Waals surface area contributed by atoms with Crippen LogP contribution in [0.5, 0.6) is 0 Å². The van der Waals surface area contributed by atoms with Gasteiger partial charge in [-0.3, -0.25) is 0 Å². The van der Waals surface area contributed by atoms with Crippen molar-refractivity contribution in [2.24, 2.45) is 0 Å². The summed E-state index contributed by atoms with van der Waals surface area (Å²) >= 11 is 1.58. The number of benzene rings is 1. The average molecular weight is 308 g/mol. The van der Waals surface area contributed by atoms with E-state index in [0.29, 0.717) is 6.54 Å². The quantitative estimate of drug-likeness (QED) is 0.628. The van der Waals surface area contributed by atoms with Crippen molar-refractivity contribution >= 4 is 28.2 Å². The van der Waals surface area contributed by atoms with E-state index in [4.69, 9.17) is 0 Å². The summed E-state index contributed by atoms with van der Waals surface area (Å²) in [6, 6.07) is 9.93. The number of hydrogen-bond donors (Lipinski definition) is 1. The lowest BCUT2D eigenvalue weighted by Gasteiger charge is -2.05. The number of fused-ring (bicyclic) bond motifs is 1. The van der Waals surface area contributed by atoms with Crippen molar-refractivity contribution in [1.29, 1.82) is 0 Å². The number of rotatable bonds is 4. The maximum absolute atomic E-state index is 4.43. The second kappa shape index (κ2) is 5.53. The number of anilines is 1. The zero-order valence-electron chi connectivity index (χ0n) is 11.5. The van der Waals surface area contributed by atoms with Gasteiger partial charge in [0.1, 0.15) is 12.1 Å². The average Bonchev–Trinajstić information content (AvgIpc) is 3.23. The molecule has 6 nitrogen and oxygen atoms in total. The van der Waals surface area contributed by atoms with Crippen LogP contribution in [-0.4, -0.2) is 24.7 Å². The van der Waals surface area contributed by atoms with E-state index in [-0.39, 0.29) is 0 Å². The second-order valence-corrected chi connectivity index (χ2v) is 5.40. The molecule has 0 aliphatic heterocycles. The highest BCUT2D eigenvalue weighted by molar-refractivity contribution is 7.07. The van der Waals surface area contributed by atoms with Crippen LogP contribution in [-0.2, 0) is 6.54 Å². The van der Waals surface area contributed by atoms with E-state index in [2.05, 4.69) is 25.4 Å². The van der Waals surface area contributed by atoms with Gasteiger partial charge in [-0.15, -0.1) is 11.3 Å². The summed E-state index contributed by atoms with van der Waals surface area (Å²) in [5.74, 6) is 0.764. The SMILES string of the molecule is c1ccc(-n2ncc3c(NCc4cscn4)ncnc32)cc1. The normalized spacial score (nSPS) is 10.9. The summed E-state index contributed by atoms with van der Waals surface area (Å²) in [5, 5.41) is 10.6. The third-order valence-electron chi connectivity index (χ3n) is 3.29. The zero-order valence-corrected chi connectivity index (χ0v) is 12.4. The molecular weight excluding hydrogens is 296 g/mol. The molecule has 1 aromatic carbocycles. The molecule has 3 heterocycles. The summed E-state index contributed by atoms with van der Waals surface area (Å²) in [5.41, 5.74) is 4.57. The molecule has 0 saturated heterocycles. The Bertz CT molecular complexity index is 885. The standard InChI is InChI=1S/C15H12N6S/c1-2-4-12(5-3-1)21-15-13(7-20-21)14(17-9-18-15)16-6-11-8-22-10-19-11/h1-5,7-10H,6H2,(H,16,17,18). The molecule has 0 radical (unpaired) electrons. The largest absolute Gasteiger partial charge is 0.364 e. The Morgan fingerprint density at radius 3 is 2.82 bits per heavy atom. The van der Waals surface area contributed by atoms with Crippen LogP contribution in [0.2, 0.25) is 0 Å². The lowest BCUT2D eigenvalue weighted by atomic mass is 10.3. The topological polar surface area (TPSA) is 68.5 Å². The third kappa shape index (κ3) is 2.31. The van der Waals surface area contributed by atoms with E-state index in [1.54, 1.807) is 23.9 Å². The van der Waals surface area contributed by atoms with Crippen molar-refractivity contribution in [2.75, 3.05) is 5.32 Å². The molecule has 4 rings (SSSR count). The summed E-state index contributed by atoms with van der Waals surface area (Å²) in [6.45, 7) is 0.631. The van der Waals surface area contributed by atoms with E-state index in [9.17, 15) is 0 Å². The summed E-state index contributed by atoms with van der Waals surface area (Å²) in [6.07, 6.45) is 3.33. The molecule has 0 atom stereocenters. The van der Waals surface area contributed by atoms with Crippen LogP contribution in [0, 0.1) is 0 Å². The first-order chi connectivity index (χ1) is 10.9. The van der Waals surface area contributed by atoms with Gasteiger partial charge in [-0.1, -0.05) is 18.2 Å². The monoisotopic (exact) mass is 308 g/mol. The van der Waals surface area contributed by atoms with Gasteiger partial charge in [0.15, 0.2) is 5.65 Å². The van der Waals surface area contributed by atoms with Gasteiger partial charge in [0.05, 0.1) is 35.0 Å². The molecule has 0 fully saturated rings. The molecule has 0 saturated carbocycles. The van der Waals surface area contributed by atoms with Crippen LogP contribution in [0.1, 0.15) is 5.69 Å². The van der Waals surface area contributed by atoms with Crippen molar-refractivity contribution in [3.63, 3.8) is 0 Å². The molecule has 4 aromatic rings. The van der Waals surface area contributed by atoms with E-state index in [1.165, 1.54) is 0 Å². The number of nitrogens with zero attached hydrogens (tertiary/aromatic N) is 5. The van der Waals surface area contributed by atoms with Gasteiger partial charge < -0.3 is 5.32 Å². The predicted octanol–water partition coefficient (Wildman–Crippen LogP) is 2.88. The molecule has 22 heavy (non-hydrogen) atoms. The lowest BCUT2D eigenvalue weighted by Crippen LogP contribution is -2.03. The number of thiazole rings is 1. The molecule has 0 aliphatic carbocycles. The summed E-state index contributed by atoms with van der Waals surface area (Å²) in [4.78, 5) is 12.9. The molecule has 0 aliphatic rings. The first-order valence-electron chi connectivity index (χ1n) is 6.77. The van der Waals surface area contributed by atoms with Crippen molar-refractivity contribution in [3.8, 4) is 5.69 Å². The Labute approximate surface area is 130 Å². The molecule has 0 unspecified atom stereocenters. The van der Waals surface area contributed by atoms with Gasteiger partial charge in [-0.25, -0.2) is 19.6 Å². The van der Waals surface area contributed by atoms with Crippen molar-refractivity contribution in [3.05, 3.63) is 59.4 Å². The number of aromatic nitrogens is 5. The Morgan fingerprint density at radius 2 is 2.00 bits per heavy atom. The maximum Gasteiger partial charge on any atom is 0.168 e. The fraction of sp³-hybridized carbons (Fsp3) is 0.0667. The molecule has 108 valence electrons. The molecule has 1 N–H and O–H groups in total. The van der Waals surface area contributed by atoms with Crippen LogP contribution >= 0.6 is 11.3 Å². The molecule has 0 bridgehead atoms. The van der Waals surface area contributed by atoms with Crippen LogP contribution in [0.15, 0.2) is 53.7 Å². The van der Waals surface area contributed by atoms with Gasteiger partial charge in [0.25, 0.3) is 0 Å². The Balaban J connectivity index is 1.71. The summed E-state index contributed by atoms with van der Waals surface area (Å²) < 4.78 is 1.81. The first kappa shape index (κ1) is 12.9. The van der Waals surface area contributed by atoms with E-state index in [1.807, 2.05) is 45.9 Å². The minimum Gasteiger partial charge on any atom is -0.364 e. The number of hydrogen-bond acceptors (Lipinski definition) is 6. The van der Waals surface area contributed by atoms with Gasteiger partial charge >= 0.3 is 0 Å². The molecule has 3 aromatic heterocycles. The molecule has 7 heteroatoms. The van der Waals surface area contributed by atoms with Gasteiger partial charge in [-0.05, 0) is 12.1 Å². The van der Waals surface area contributed by atoms with E-state index in [0.717, 1.165) is 28.2 Å². The predicted molar refractivity (Wildman–Crippen MR) is 86.1 cm³/mol. The Hall–Kier alpha value is -2.80. The van der Waals surface area contributed by atoms with E-state index < -0.39 is 0 Å². The number of para-hydroxylation sites is 1. The fourth-order valence-corrected chi connectivity index (χ4v) is 2.80. The highest BCUT2D eigenvalue weighted by Crippen LogP contribution is 2.21. The third-order valence-corrected chi connectivity index (χ3v) is 3.92. The van der Waals surface area contributed by atoms with Crippen LogP contribution < -0.4 is 5.32 Å². The van der Waals surface area contributed by atoms with Gasteiger partial charge in [-0.2, -0.15) is 5.10 Å². The highest BCUT2D eigenvalue weighted by atomic mass is 32.1. The number of nitrogens with one attached hydrogen (secondary N) is 1. The smallest absolute Gasteiger partial charge is 0.168 e. The van der Waals surface area contributed by atoms with Crippen molar-refractivity contribution < 1.29 is 0 Å². The minimum absolute atomic E-state index is 0.631. The molecule has 0 spiro atoms. The molecule has 0 amide bonds.